The number of anilines is 1. The van der Waals surface area contributed by atoms with Gasteiger partial charge in [0.2, 0.25) is 0 Å². The molecule has 5 heteroatoms. The number of hydrogen-bond acceptors (Lipinski definition) is 5. The van der Waals surface area contributed by atoms with Gasteiger partial charge in [-0.1, -0.05) is 18.2 Å². The minimum Gasteiger partial charge on any atom is -0.507 e. The first-order valence-electron chi connectivity index (χ1n) is 7.72. The Balaban J connectivity index is 2.41. The van der Waals surface area contributed by atoms with Crippen LogP contribution in [-0.4, -0.2) is 21.8 Å². The summed E-state index contributed by atoms with van der Waals surface area (Å²) in [5.41, 5.74) is 7.09. The molecule has 1 aliphatic rings. The average Bonchev–Trinajstić information content (AvgIpc) is 2.56. The smallest absolute Gasteiger partial charge is 0.198 e. The number of phenols is 2. The first-order valence-corrected chi connectivity index (χ1v) is 7.72. The van der Waals surface area contributed by atoms with Crippen LogP contribution in [0.25, 0.3) is 0 Å². The van der Waals surface area contributed by atoms with Crippen LogP contribution < -0.4 is 5.73 Å². The summed E-state index contributed by atoms with van der Waals surface area (Å²) in [4.78, 5) is 26.2. The lowest BCUT2D eigenvalue weighted by atomic mass is 9.77. The van der Waals surface area contributed by atoms with Crippen molar-refractivity contribution >= 4 is 17.3 Å². The summed E-state index contributed by atoms with van der Waals surface area (Å²) in [5, 5.41) is 20.5. The van der Waals surface area contributed by atoms with Gasteiger partial charge in [0.15, 0.2) is 11.6 Å². The molecule has 0 saturated carbocycles. The number of ketones is 2. The molecule has 0 spiro atoms. The lowest BCUT2D eigenvalue weighted by molar-refractivity contribution is 0.0973. The van der Waals surface area contributed by atoms with Gasteiger partial charge < -0.3 is 15.9 Å². The van der Waals surface area contributed by atoms with E-state index in [-0.39, 0.29) is 45.9 Å². The number of aromatic hydroxyl groups is 2. The second kappa shape index (κ2) is 5.94. The molecule has 0 aliphatic heterocycles. The van der Waals surface area contributed by atoms with Crippen LogP contribution in [0.2, 0.25) is 0 Å². The maximum Gasteiger partial charge on any atom is 0.198 e. The molecule has 0 unspecified atom stereocenters. The van der Waals surface area contributed by atoms with E-state index in [1.54, 1.807) is 18.2 Å². The van der Waals surface area contributed by atoms with Gasteiger partial charge in [0.05, 0.1) is 11.1 Å². The zero-order valence-electron chi connectivity index (χ0n) is 13.5. The predicted molar refractivity (Wildman–Crippen MR) is 95.3 cm³/mol. The second-order valence-corrected chi connectivity index (χ2v) is 5.85. The zero-order chi connectivity index (χ0) is 18.3. The van der Waals surface area contributed by atoms with Crippen molar-refractivity contribution in [1.29, 1.82) is 0 Å². The minimum atomic E-state index is -0.535. The van der Waals surface area contributed by atoms with E-state index < -0.39 is 11.6 Å². The molecule has 25 heavy (non-hydrogen) atoms. The van der Waals surface area contributed by atoms with Crippen LogP contribution in [0.15, 0.2) is 43.5 Å². The maximum absolute atomic E-state index is 13.1. The van der Waals surface area contributed by atoms with Crippen LogP contribution in [0.4, 0.5) is 5.69 Å². The van der Waals surface area contributed by atoms with Gasteiger partial charge in [0.25, 0.3) is 0 Å². The van der Waals surface area contributed by atoms with E-state index in [1.165, 1.54) is 12.1 Å². The molecular weight excluding hydrogens is 318 g/mol. The topological polar surface area (TPSA) is 101 Å². The largest absolute Gasteiger partial charge is 0.507 e. The first kappa shape index (κ1) is 16.5. The fourth-order valence-corrected chi connectivity index (χ4v) is 3.27. The van der Waals surface area contributed by atoms with Gasteiger partial charge in [0.1, 0.15) is 11.5 Å². The number of hydrogen-bond donors (Lipinski definition) is 3. The summed E-state index contributed by atoms with van der Waals surface area (Å²) in [6, 6.07) is 4.22. The van der Waals surface area contributed by atoms with E-state index in [4.69, 9.17) is 5.73 Å². The molecule has 0 atom stereocenters. The molecule has 1 aliphatic carbocycles. The molecular formula is C20H17NO4. The molecule has 3 rings (SSSR count). The Morgan fingerprint density at radius 2 is 1.48 bits per heavy atom. The van der Waals surface area contributed by atoms with Crippen molar-refractivity contribution in [3.63, 3.8) is 0 Å². The summed E-state index contributed by atoms with van der Waals surface area (Å²) < 4.78 is 0. The number of fused-ring (bicyclic) bond motifs is 2. The summed E-state index contributed by atoms with van der Waals surface area (Å²) in [6.45, 7) is 7.29. The Morgan fingerprint density at radius 1 is 0.880 bits per heavy atom. The number of phenolic OH excluding ortho intramolecular Hbond substituents is 2. The van der Waals surface area contributed by atoms with Crippen LogP contribution in [0.1, 0.15) is 43.0 Å². The van der Waals surface area contributed by atoms with Crippen molar-refractivity contribution in [3.8, 4) is 11.5 Å². The van der Waals surface area contributed by atoms with Gasteiger partial charge in [-0.3, -0.25) is 9.59 Å². The molecule has 2 aromatic rings. The molecule has 5 nitrogen and oxygen atoms in total. The average molecular weight is 335 g/mol. The SMILES string of the molecule is C=CCc1ccc(O)c2c1C(=O)c1c(O)cc(N)c(CC=C)c1C2=O. The first-order chi connectivity index (χ1) is 11.9. The Hall–Kier alpha value is -3.34. The van der Waals surface area contributed by atoms with Gasteiger partial charge in [-0.25, -0.2) is 0 Å². The number of benzene rings is 2. The molecule has 0 bridgehead atoms. The van der Waals surface area contributed by atoms with E-state index in [1.807, 2.05) is 0 Å². The summed E-state index contributed by atoms with van der Waals surface area (Å²) in [5.74, 6) is -1.68. The minimum absolute atomic E-state index is 0.0287. The summed E-state index contributed by atoms with van der Waals surface area (Å²) in [7, 11) is 0. The highest BCUT2D eigenvalue weighted by atomic mass is 16.3. The van der Waals surface area contributed by atoms with Crippen LogP contribution in [0.3, 0.4) is 0 Å². The van der Waals surface area contributed by atoms with E-state index in [0.717, 1.165) is 0 Å². The fraction of sp³-hybridized carbons (Fsp3) is 0.100. The van der Waals surface area contributed by atoms with Crippen molar-refractivity contribution in [2.75, 3.05) is 5.73 Å². The maximum atomic E-state index is 13.1. The Kier molecular flexibility index (Phi) is 3.93. The van der Waals surface area contributed by atoms with Crippen molar-refractivity contribution in [3.05, 3.63) is 76.9 Å². The fourth-order valence-electron chi connectivity index (χ4n) is 3.27. The van der Waals surface area contributed by atoms with Crippen molar-refractivity contribution in [2.45, 2.75) is 12.8 Å². The third-order valence-electron chi connectivity index (χ3n) is 4.34. The number of nitrogens with two attached hydrogens (primary N) is 1. The standard InChI is InChI=1S/C20H17NO4/c1-3-5-10-7-8-13(22)17-15(10)19(24)18-14(23)9-12(21)11(6-4-2)16(18)20(17)25/h3-4,7-9,22-23H,1-2,5-6,21H2. The molecule has 0 heterocycles. The van der Waals surface area contributed by atoms with Crippen LogP contribution in [0.5, 0.6) is 11.5 Å². The lowest BCUT2D eigenvalue weighted by Gasteiger charge is -2.24. The quantitative estimate of drug-likeness (QED) is 0.503. The Morgan fingerprint density at radius 3 is 2.12 bits per heavy atom. The number of nitrogen functional groups attached to an aromatic ring is 1. The Labute approximate surface area is 144 Å². The molecule has 4 N–H and O–H groups in total. The lowest BCUT2D eigenvalue weighted by Crippen LogP contribution is -2.25. The number of rotatable bonds is 4. The molecule has 0 saturated heterocycles. The highest BCUT2D eigenvalue weighted by Gasteiger charge is 2.37. The van der Waals surface area contributed by atoms with Crippen molar-refractivity contribution in [2.24, 2.45) is 0 Å². The molecule has 0 aromatic heterocycles. The molecule has 0 fully saturated rings. The summed E-state index contributed by atoms with van der Waals surface area (Å²) in [6.07, 6.45) is 3.78. The summed E-state index contributed by atoms with van der Waals surface area (Å²) >= 11 is 0. The van der Waals surface area contributed by atoms with Gasteiger partial charge in [-0.15, -0.1) is 13.2 Å². The predicted octanol–water partition coefficient (Wildman–Crippen LogP) is 2.91. The number of allylic oxidation sites excluding steroid dienone is 2. The molecule has 126 valence electrons. The highest BCUT2D eigenvalue weighted by Crippen LogP contribution is 2.41. The van der Waals surface area contributed by atoms with Crippen molar-refractivity contribution in [1.82, 2.24) is 0 Å². The second-order valence-electron chi connectivity index (χ2n) is 5.85. The van der Waals surface area contributed by atoms with E-state index >= 15 is 0 Å². The monoisotopic (exact) mass is 335 g/mol. The van der Waals surface area contributed by atoms with Gasteiger partial charge >= 0.3 is 0 Å². The highest BCUT2D eigenvalue weighted by molar-refractivity contribution is 6.31. The van der Waals surface area contributed by atoms with Crippen LogP contribution >= 0.6 is 0 Å². The third kappa shape index (κ3) is 2.32. The molecule has 0 amide bonds. The molecule has 2 aromatic carbocycles. The van der Waals surface area contributed by atoms with Crippen LogP contribution in [0, 0.1) is 0 Å². The number of carbonyl (C=O) groups excluding carboxylic acids is 2. The van der Waals surface area contributed by atoms with Crippen molar-refractivity contribution < 1.29 is 19.8 Å². The van der Waals surface area contributed by atoms with E-state index in [2.05, 4.69) is 13.2 Å². The zero-order valence-corrected chi connectivity index (χ0v) is 13.5. The molecule has 0 radical (unpaired) electrons. The van der Waals surface area contributed by atoms with E-state index in [0.29, 0.717) is 17.5 Å². The van der Waals surface area contributed by atoms with Gasteiger partial charge in [-0.2, -0.15) is 0 Å². The van der Waals surface area contributed by atoms with Gasteiger partial charge in [-0.05, 0) is 30.0 Å². The van der Waals surface area contributed by atoms with Gasteiger partial charge in [0, 0.05) is 22.9 Å². The number of carbonyl (C=O) groups is 2. The normalized spacial score (nSPS) is 12.5. The van der Waals surface area contributed by atoms with E-state index in [9.17, 15) is 19.8 Å². The third-order valence-corrected chi connectivity index (χ3v) is 4.34. The Bertz CT molecular complexity index is 957. The van der Waals surface area contributed by atoms with Crippen LogP contribution in [-0.2, 0) is 12.8 Å².